The molecule has 0 fully saturated rings. The van der Waals surface area contributed by atoms with Gasteiger partial charge in [0.15, 0.2) is 5.76 Å². The van der Waals surface area contributed by atoms with Gasteiger partial charge in [-0.2, -0.15) is 0 Å². The van der Waals surface area contributed by atoms with E-state index in [0.29, 0.717) is 19.0 Å². The third kappa shape index (κ3) is 4.36. The van der Waals surface area contributed by atoms with Crippen LogP contribution in [0.2, 0.25) is 0 Å². The van der Waals surface area contributed by atoms with Crippen LogP contribution in [0, 0.1) is 13.8 Å². The lowest BCUT2D eigenvalue weighted by Gasteiger charge is -2.18. The van der Waals surface area contributed by atoms with Gasteiger partial charge >= 0.3 is 0 Å². The number of nitrogens with one attached hydrogen (secondary N) is 1. The summed E-state index contributed by atoms with van der Waals surface area (Å²) in [5, 5.41) is 2.96. The lowest BCUT2D eigenvalue weighted by atomic mass is 10.1. The van der Waals surface area contributed by atoms with Gasteiger partial charge in [-0.1, -0.05) is 12.1 Å². The lowest BCUT2D eigenvalue weighted by Crippen LogP contribution is -2.31. The van der Waals surface area contributed by atoms with Crippen LogP contribution < -0.4 is 10.1 Å². The van der Waals surface area contributed by atoms with Crippen molar-refractivity contribution in [1.82, 2.24) is 5.32 Å². The molecule has 1 N–H and O–H groups in total. The first-order chi connectivity index (χ1) is 11.0. The maximum absolute atomic E-state index is 12.4. The van der Waals surface area contributed by atoms with Gasteiger partial charge < -0.3 is 19.2 Å². The van der Waals surface area contributed by atoms with Gasteiger partial charge in [0.1, 0.15) is 11.5 Å². The molecule has 0 aliphatic heterocycles. The van der Waals surface area contributed by atoms with Crippen LogP contribution in [0.5, 0.6) is 5.75 Å². The van der Waals surface area contributed by atoms with Crippen LogP contribution in [0.3, 0.4) is 0 Å². The molecule has 1 aromatic heterocycles. The van der Waals surface area contributed by atoms with Crippen LogP contribution in [0.1, 0.15) is 40.4 Å². The van der Waals surface area contributed by atoms with Crippen molar-refractivity contribution in [3.8, 4) is 5.75 Å². The molecule has 23 heavy (non-hydrogen) atoms. The number of hydrogen-bond donors (Lipinski definition) is 1. The normalized spacial score (nSPS) is 12.0. The van der Waals surface area contributed by atoms with Crippen LogP contribution in [-0.4, -0.2) is 26.2 Å². The van der Waals surface area contributed by atoms with Gasteiger partial charge in [0.25, 0.3) is 5.91 Å². The van der Waals surface area contributed by atoms with Crippen molar-refractivity contribution in [2.45, 2.75) is 26.8 Å². The Hall–Kier alpha value is -2.27. The number of aryl methyl sites for hydroxylation is 2. The van der Waals surface area contributed by atoms with E-state index in [1.165, 1.54) is 0 Å². The largest absolute Gasteiger partial charge is 0.494 e. The van der Waals surface area contributed by atoms with Crippen molar-refractivity contribution < 1.29 is 18.7 Å². The molecule has 0 saturated carbocycles. The summed E-state index contributed by atoms with van der Waals surface area (Å²) in [6.45, 7) is 6.61. The van der Waals surface area contributed by atoms with E-state index in [-0.39, 0.29) is 11.9 Å². The second kappa shape index (κ2) is 7.83. The van der Waals surface area contributed by atoms with Crippen LogP contribution >= 0.6 is 0 Å². The van der Waals surface area contributed by atoms with Crippen LogP contribution in [-0.2, 0) is 4.74 Å². The van der Waals surface area contributed by atoms with Crippen molar-refractivity contribution in [3.63, 3.8) is 0 Å². The quantitative estimate of drug-likeness (QED) is 0.850. The molecule has 0 radical (unpaired) electrons. The highest BCUT2D eigenvalue weighted by Gasteiger charge is 2.20. The van der Waals surface area contributed by atoms with Crippen molar-refractivity contribution in [2.75, 3.05) is 20.3 Å². The van der Waals surface area contributed by atoms with Gasteiger partial charge in [-0.25, -0.2) is 0 Å². The third-order valence-corrected chi connectivity index (χ3v) is 3.48. The fraction of sp³-hybridized carbons (Fsp3) is 0.389. The number of amides is 1. The highest BCUT2D eigenvalue weighted by atomic mass is 16.5. The summed E-state index contributed by atoms with van der Waals surface area (Å²) < 4.78 is 16.1. The molecule has 1 atom stereocenters. The van der Waals surface area contributed by atoms with Gasteiger partial charge in [-0.05, 0) is 44.5 Å². The molecule has 0 saturated heterocycles. The van der Waals surface area contributed by atoms with Gasteiger partial charge in [0.2, 0.25) is 0 Å². The summed E-state index contributed by atoms with van der Waals surface area (Å²) in [7, 11) is 1.61. The monoisotopic (exact) mass is 317 g/mol. The fourth-order valence-electron chi connectivity index (χ4n) is 2.44. The minimum absolute atomic E-state index is 0.244. The second-order valence-electron chi connectivity index (χ2n) is 5.35. The first-order valence-electron chi connectivity index (χ1n) is 7.64. The summed E-state index contributed by atoms with van der Waals surface area (Å²) in [5.74, 6) is 1.62. The molecule has 0 unspecified atom stereocenters. The Balaban J connectivity index is 2.14. The van der Waals surface area contributed by atoms with Gasteiger partial charge in [-0.3, -0.25) is 4.79 Å². The molecule has 0 spiro atoms. The minimum atomic E-state index is -0.256. The smallest absolute Gasteiger partial charge is 0.287 e. The van der Waals surface area contributed by atoms with E-state index in [4.69, 9.17) is 13.9 Å². The van der Waals surface area contributed by atoms with Gasteiger partial charge in [0, 0.05) is 12.7 Å². The molecule has 1 amide bonds. The Morgan fingerprint density at radius 3 is 2.48 bits per heavy atom. The average molecular weight is 317 g/mol. The standard InChI is InChI=1S/C18H23NO4/c1-5-22-15-8-6-14(7-9-15)16(11-21-4)19-18(20)17-12(2)10-13(3)23-17/h6-10,16H,5,11H2,1-4H3,(H,19,20)/t16-/m0/s1. The molecule has 2 aromatic rings. The van der Waals surface area contributed by atoms with Crippen molar-refractivity contribution in [2.24, 2.45) is 0 Å². The summed E-state index contributed by atoms with van der Waals surface area (Å²) in [6.07, 6.45) is 0. The summed E-state index contributed by atoms with van der Waals surface area (Å²) >= 11 is 0. The fourth-order valence-corrected chi connectivity index (χ4v) is 2.44. The van der Waals surface area contributed by atoms with E-state index in [9.17, 15) is 4.79 Å². The van der Waals surface area contributed by atoms with E-state index in [0.717, 1.165) is 22.6 Å². The van der Waals surface area contributed by atoms with E-state index < -0.39 is 0 Å². The number of rotatable bonds is 7. The molecule has 5 nitrogen and oxygen atoms in total. The number of benzene rings is 1. The number of ether oxygens (including phenoxy) is 2. The predicted molar refractivity (Wildman–Crippen MR) is 87.9 cm³/mol. The first-order valence-corrected chi connectivity index (χ1v) is 7.64. The topological polar surface area (TPSA) is 60.7 Å². The predicted octanol–water partition coefficient (Wildman–Crippen LogP) is 3.41. The number of carbonyl (C=O) groups is 1. The zero-order valence-corrected chi connectivity index (χ0v) is 14.0. The second-order valence-corrected chi connectivity index (χ2v) is 5.35. The molecule has 0 aliphatic carbocycles. The Bertz CT molecular complexity index is 646. The Morgan fingerprint density at radius 1 is 1.26 bits per heavy atom. The van der Waals surface area contributed by atoms with E-state index in [1.807, 2.05) is 51.1 Å². The third-order valence-electron chi connectivity index (χ3n) is 3.48. The molecular weight excluding hydrogens is 294 g/mol. The van der Waals surface area contributed by atoms with E-state index in [2.05, 4.69) is 5.32 Å². The minimum Gasteiger partial charge on any atom is -0.494 e. The Kier molecular flexibility index (Phi) is 5.82. The van der Waals surface area contributed by atoms with Crippen LogP contribution in [0.15, 0.2) is 34.7 Å². The van der Waals surface area contributed by atoms with Gasteiger partial charge in [0.05, 0.1) is 19.3 Å². The maximum Gasteiger partial charge on any atom is 0.287 e. The zero-order chi connectivity index (χ0) is 16.8. The molecule has 124 valence electrons. The Morgan fingerprint density at radius 2 is 1.96 bits per heavy atom. The highest BCUT2D eigenvalue weighted by Crippen LogP contribution is 2.20. The average Bonchev–Trinajstić information content (AvgIpc) is 2.87. The first kappa shape index (κ1) is 17.1. The molecule has 1 heterocycles. The molecular formula is C18H23NO4. The van der Waals surface area contributed by atoms with E-state index in [1.54, 1.807) is 7.11 Å². The highest BCUT2D eigenvalue weighted by molar-refractivity contribution is 5.93. The number of hydrogen-bond acceptors (Lipinski definition) is 4. The zero-order valence-electron chi connectivity index (χ0n) is 14.0. The molecule has 1 aromatic carbocycles. The summed E-state index contributed by atoms with van der Waals surface area (Å²) in [6, 6.07) is 9.21. The Labute approximate surface area is 136 Å². The lowest BCUT2D eigenvalue weighted by molar-refractivity contribution is 0.0867. The molecule has 0 aliphatic rings. The van der Waals surface area contributed by atoms with Crippen molar-refractivity contribution in [1.29, 1.82) is 0 Å². The number of methoxy groups -OCH3 is 1. The van der Waals surface area contributed by atoms with Crippen molar-refractivity contribution >= 4 is 5.91 Å². The van der Waals surface area contributed by atoms with Crippen molar-refractivity contribution in [3.05, 3.63) is 53.0 Å². The van der Waals surface area contributed by atoms with E-state index >= 15 is 0 Å². The number of carbonyl (C=O) groups excluding carboxylic acids is 1. The molecule has 2 rings (SSSR count). The summed E-state index contributed by atoms with van der Waals surface area (Å²) in [4.78, 5) is 12.4. The molecule has 0 bridgehead atoms. The van der Waals surface area contributed by atoms with Crippen LogP contribution in [0.25, 0.3) is 0 Å². The summed E-state index contributed by atoms with van der Waals surface area (Å²) in [5.41, 5.74) is 1.77. The molecule has 5 heteroatoms. The van der Waals surface area contributed by atoms with Crippen LogP contribution in [0.4, 0.5) is 0 Å². The SMILES string of the molecule is CCOc1ccc([C@H](COC)NC(=O)c2oc(C)cc2C)cc1. The number of furan rings is 1. The maximum atomic E-state index is 12.4. The van der Waals surface area contributed by atoms with Gasteiger partial charge in [-0.15, -0.1) is 0 Å².